The fraction of sp³-hybridized carbons (Fsp3) is 0.391. The zero-order valence-corrected chi connectivity index (χ0v) is 18.1. The number of aryl methyl sites for hydroxylation is 1. The lowest BCUT2D eigenvalue weighted by Gasteiger charge is -2.30. The highest BCUT2D eigenvalue weighted by molar-refractivity contribution is 6.39. The van der Waals surface area contributed by atoms with Crippen LogP contribution in [-0.4, -0.2) is 57.7 Å². The standard InChI is InChI=1S/C23H28N4O4/c1-26(2)19(16-6-8-18-15(11-16)5-4-10-27(18)3)13-24-22(28)23(29)25-17-7-9-20-21(12-17)31-14-30-20/h6-9,11-12,19H,4-5,10,13-14H2,1-3H3,(H,24,28)(H,25,29)/t19-/m0/s1. The molecule has 8 heteroatoms. The number of nitrogens with one attached hydrogen (secondary N) is 2. The molecule has 0 aliphatic carbocycles. The molecule has 164 valence electrons. The Balaban J connectivity index is 1.39. The summed E-state index contributed by atoms with van der Waals surface area (Å²) < 4.78 is 10.6. The molecule has 0 spiro atoms. The Kier molecular flexibility index (Phi) is 5.99. The quantitative estimate of drug-likeness (QED) is 0.716. The van der Waals surface area contributed by atoms with Gasteiger partial charge in [-0.3, -0.25) is 9.59 Å². The van der Waals surface area contributed by atoms with Crippen LogP contribution >= 0.6 is 0 Å². The van der Waals surface area contributed by atoms with E-state index in [1.807, 2.05) is 19.0 Å². The third-order valence-corrected chi connectivity index (χ3v) is 5.76. The number of amides is 2. The van der Waals surface area contributed by atoms with Crippen LogP contribution in [0, 0.1) is 0 Å². The van der Waals surface area contributed by atoms with Crippen molar-refractivity contribution in [2.45, 2.75) is 18.9 Å². The molecule has 0 bridgehead atoms. The maximum absolute atomic E-state index is 12.4. The Hall–Kier alpha value is -3.26. The number of rotatable bonds is 5. The van der Waals surface area contributed by atoms with Gasteiger partial charge in [-0.25, -0.2) is 0 Å². The molecule has 31 heavy (non-hydrogen) atoms. The van der Waals surface area contributed by atoms with Crippen molar-refractivity contribution in [3.63, 3.8) is 0 Å². The van der Waals surface area contributed by atoms with Crippen molar-refractivity contribution in [2.24, 2.45) is 0 Å². The Labute approximate surface area is 182 Å². The molecule has 8 nitrogen and oxygen atoms in total. The summed E-state index contributed by atoms with van der Waals surface area (Å²) in [7, 11) is 6.05. The number of carbonyl (C=O) groups is 2. The minimum Gasteiger partial charge on any atom is -0.454 e. The van der Waals surface area contributed by atoms with Gasteiger partial charge in [0, 0.05) is 37.6 Å². The second-order valence-corrected chi connectivity index (χ2v) is 8.12. The van der Waals surface area contributed by atoms with Crippen molar-refractivity contribution in [3.05, 3.63) is 47.5 Å². The summed E-state index contributed by atoms with van der Waals surface area (Å²) in [6.07, 6.45) is 2.19. The molecule has 1 atom stereocenters. The van der Waals surface area contributed by atoms with Crippen molar-refractivity contribution in [1.82, 2.24) is 10.2 Å². The zero-order chi connectivity index (χ0) is 22.0. The topological polar surface area (TPSA) is 83.1 Å². The van der Waals surface area contributed by atoms with Crippen LogP contribution in [0.4, 0.5) is 11.4 Å². The molecule has 0 saturated heterocycles. The third-order valence-electron chi connectivity index (χ3n) is 5.76. The first kappa shape index (κ1) is 21.0. The normalized spacial score (nSPS) is 15.4. The second kappa shape index (κ2) is 8.85. The molecule has 2 aromatic rings. The van der Waals surface area contributed by atoms with E-state index in [0.717, 1.165) is 24.9 Å². The summed E-state index contributed by atoms with van der Waals surface area (Å²) in [5.41, 5.74) is 4.19. The molecule has 0 fully saturated rings. The third kappa shape index (κ3) is 4.59. The van der Waals surface area contributed by atoms with Gasteiger partial charge in [-0.2, -0.15) is 0 Å². The van der Waals surface area contributed by atoms with E-state index in [9.17, 15) is 9.59 Å². The van der Waals surface area contributed by atoms with Crippen LogP contribution < -0.4 is 25.0 Å². The van der Waals surface area contributed by atoms with Gasteiger partial charge in [0.2, 0.25) is 6.79 Å². The fourth-order valence-corrected chi connectivity index (χ4v) is 4.04. The smallest absolute Gasteiger partial charge is 0.313 e. The van der Waals surface area contributed by atoms with Gasteiger partial charge >= 0.3 is 11.8 Å². The SMILES string of the molecule is CN1CCCc2cc([C@H](CNC(=O)C(=O)Nc3ccc4c(c3)OCO4)N(C)C)ccc21. The predicted octanol–water partition coefficient (Wildman–Crippen LogP) is 2.16. The lowest BCUT2D eigenvalue weighted by Crippen LogP contribution is -2.40. The van der Waals surface area contributed by atoms with Crippen LogP contribution in [0.2, 0.25) is 0 Å². The number of likely N-dealkylation sites (N-methyl/N-ethyl adjacent to an activating group) is 1. The number of fused-ring (bicyclic) bond motifs is 2. The molecule has 4 rings (SSSR count). The van der Waals surface area contributed by atoms with E-state index in [4.69, 9.17) is 9.47 Å². The van der Waals surface area contributed by atoms with E-state index in [0.29, 0.717) is 23.7 Å². The van der Waals surface area contributed by atoms with Crippen molar-refractivity contribution < 1.29 is 19.1 Å². The Morgan fingerprint density at radius 3 is 2.71 bits per heavy atom. The van der Waals surface area contributed by atoms with Gasteiger partial charge < -0.3 is 29.9 Å². The maximum atomic E-state index is 12.4. The van der Waals surface area contributed by atoms with Crippen molar-refractivity contribution >= 4 is 23.2 Å². The molecule has 0 radical (unpaired) electrons. The van der Waals surface area contributed by atoms with Crippen LogP contribution in [-0.2, 0) is 16.0 Å². The van der Waals surface area contributed by atoms with E-state index >= 15 is 0 Å². The van der Waals surface area contributed by atoms with Gasteiger partial charge in [0.1, 0.15) is 0 Å². The maximum Gasteiger partial charge on any atom is 0.313 e. The van der Waals surface area contributed by atoms with Gasteiger partial charge in [-0.05, 0) is 56.3 Å². The fourth-order valence-electron chi connectivity index (χ4n) is 4.04. The summed E-state index contributed by atoms with van der Waals surface area (Å²) in [6.45, 7) is 1.55. The van der Waals surface area contributed by atoms with Crippen molar-refractivity contribution in [2.75, 3.05) is 51.2 Å². The molecular weight excluding hydrogens is 396 g/mol. The van der Waals surface area contributed by atoms with Crippen molar-refractivity contribution in [1.29, 1.82) is 0 Å². The highest BCUT2D eigenvalue weighted by atomic mass is 16.7. The summed E-state index contributed by atoms with van der Waals surface area (Å²) >= 11 is 0. The Morgan fingerprint density at radius 1 is 1.10 bits per heavy atom. The molecule has 2 aliphatic rings. The first-order chi connectivity index (χ1) is 14.9. The van der Waals surface area contributed by atoms with Crippen LogP contribution in [0.25, 0.3) is 0 Å². The van der Waals surface area contributed by atoms with Crippen LogP contribution in [0.3, 0.4) is 0 Å². The van der Waals surface area contributed by atoms with Gasteiger partial charge in [-0.15, -0.1) is 0 Å². The average Bonchev–Trinajstić information content (AvgIpc) is 3.21. The molecule has 0 saturated carbocycles. The number of benzene rings is 2. The highest BCUT2D eigenvalue weighted by Crippen LogP contribution is 2.34. The number of nitrogens with zero attached hydrogens (tertiary/aromatic N) is 2. The Bertz CT molecular complexity index is 992. The molecule has 2 N–H and O–H groups in total. The lowest BCUT2D eigenvalue weighted by molar-refractivity contribution is -0.136. The summed E-state index contributed by atoms with van der Waals surface area (Å²) in [5.74, 6) is -0.234. The van der Waals surface area contributed by atoms with Gasteiger partial charge in [0.25, 0.3) is 0 Å². The number of hydrogen-bond acceptors (Lipinski definition) is 6. The van der Waals surface area contributed by atoms with Crippen LogP contribution in [0.15, 0.2) is 36.4 Å². The second-order valence-electron chi connectivity index (χ2n) is 8.12. The summed E-state index contributed by atoms with van der Waals surface area (Å²) in [4.78, 5) is 29.1. The summed E-state index contributed by atoms with van der Waals surface area (Å²) in [5, 5.41) is 5.37. The van der Waals surface area contributed by atoms with Crippen LogP contribution in [0.5, 0.6) is 11.5 Å². The Morgan fingerprint density at radius 2 is 1.90 bits per heavy atom. The number of ether oxygens (including phenoxy) is 2. The molecule has 0 aromatic heterocycles. The van der Waals surface area contributed by atoms with Gasteiger partial charge in [0.15, 0.2) is 11.5 Å². The largest absolute Gasteiger partial charge is 0.454 e. The monoisotopic (exact) mass is 424 g/mol. The lowest BCUT2D eigenvalue weighted by atomic mass is 9.96. The molecule has 2 aliphatic heterocycles. The molecule has 0 unspecified atom stereocenters. The molecule has 2 heterocycles. The van der Waals surface area contributed by atoms with Crippen LogP contribution in [0.1, 0.15) is 23.6 Å². The summed E-state index contributed by atoms with van der Waals surface area (Å²) in [6, 6.07) is 11.4. The van der Waals surface area contributed by atoms with E-state index in [1.54, 1.807) is 18.2 Å². The number of carbonyl (C=O) groups excluding carboxylic acids is 2. The molecule has 2 aromatic carbocycles. The van der Waals surface area contributed by atoms with E-state index in [-0.39, 0.29) is 12.8 Å². The van der Waals surface area contributed by atoms with Gasteiger partial charge in [0.05, 0.1) is 6.04 Å². The van der Waals surface area contributed by atoms with E-state index in [2.05, 4.69) is 40.8 Å². The number of hydrogen-bond donors (Lipinski definition) is 2. The minimum absolute atomic E-state index is 0.0418. The number of anilines is 2. The minimum atomic E-state index is -0.719. The van der Waals surface area contributed by atoms with Crippen molar-refractivity contribution in [3.8, 4) is 11.5 Å². The first-order valence-corrected chi connectivity index (χ1v) is 10.4. The predicted molar refractivity (Wildman–Crippen MR) is 119 cm³/mol. The average molecular weight is 425 g/mol. The van der Waals surface area contributed by atoms with E-state index < -0.39 is 11.8 Å². The zero-order valence-electron chi connectivity index (χ0n) is 18.1. The molecular formula is C23H28N4O4. The molecule has 2 amide bonds. The highest BCUT2D eigenvalue weighted by Gasteiger charge is 2.22. The van der Waals surface area contributed by atoms with E-state index in [1.165, 1.54) is 11.3 Å². The first-order valence-electron chi connectivity index (χ1n) is 10.4. The van der Waals surface area contributed by atoms with Gasteiger partial charge in [-0.1, -0.05) is 12.1 Å².